The van der Waals surface area contributed by atoms with Crippen molar-refractivity contribution in [3.8, 4) is 5.75 Å². The standard InChI is InChI=1S/C17H20N2O3/c1-18-16(20)14(12-6-8-13(22-2)9-7-12)15(17(18)21)19-10-4-3-5-11-19/h6-9H,3-5,10-11H2,1-2H3. The maximum atomic E-state index is 12.5. The molecular formula is C17H20N2O3. The van der Waals surface area contributed by atoms with Gasteiger partial charge in [-0.3, -0.25) is 14.5 Å². The van der Waals surface area contributed by atoms with Crippen LogP contribution >= 0.6 is 0 Å². The summed E-state index contributed by atoms with van der Waals surface area (Å²) in [5.41, 5.74) is 1.83. The Morgan fingerprint density at radius 1 is 0.955 bits per heavy atom. The van der Waals surface area contributed by atoms with Gasteiger partial charge in [0, 0.05) is 20.1 Å². The summed E-state index contributed by atoms with van der Waals surface area (Å²) in [5, 5.41) is 0. The van der Waals surface area contributed by atoms with E-state index in [1.54, 1.807) is 14.2 Å². The first-order chi connectivity index (χ1) is 10.6. The topological polar surface area (TPSA) is 49.9 Å². The van der Waals surface area contributed by atoms with Gasteiger partial charge in [0.2, 0.25) is 0 Å². The van der Waals surface area contributed by atoms with Crippen LogP contribution in [0.25, 0.3) is 5.57 Å². The highest BCUT2D eigenvalue weighted by Crippen LogP contribution is 2.32. The summed E-state index contributed by atoms with van der Waals surface area (Å²) >= 11 is 0. The second-order valence-electron chi connectivity index (χ2n) is 5.67. The first kappa shape index (κ1) is 14.6. The molecule has 0 saturated carbocycles. The van der Waals surface area contributed by atoms with Gasteiger partial charge in [0.1, 0.15) is 11.4 Å². The third kappa shape index (κ3) is 2.36. The molecule has 1 fully saturated rings. The highest BCUT2D eigenvalue weighted by atomic mass is 16.5. The highest BCUT2D eigenvalue weighted by Gasteiger charge is 2.39. The van der Waals surface area contributed by atoms with Crippen molar-refractivity contribution in [2.75, 3.05) is 27.2 Å². The fourth-order valence-electron chi connectivity index (χ4n) is 3.06. The van der Waals surface area contributed by atoms with Crippen molar-refractivity contribution >= 4 is 17.4 Å². The summed E-state index contributed by atoms with van der Waals surface area (Å²) in [6, 6.07) is 7.30. The molecule has 1 saturated heterocycles. The van der Waals surface area contributed by atoms with E-state index in [4.69, 9.17) is 4.74 Å². The largest absolute Gasteiger partial charge is 0.497 e. The van der Waals surface area contributed by atoms with E-state index < -0.39 is 0 Å². The lowest BCUT2D eigenvalue weighted by molar-refractivity contribution is -0.136. The van der Waals surface area contributed by atoms with Crippen LogP contribution in [-0.4, -0.2) is 48.9 Å². The second-order valence-corrected chi connectivity index (χ2v) is 5.67. The van der Waals surface area contributed by atoms with Crippen LogP contribution in [0.3, 0.4) is 0 Å². The molecule has 2 amide bonds. The first-order valence-corrected chi connectivity index (χ1v) is 7.59. The van der Waals surface area contributed by atoms with Crippen molar-refractivity contribution in [2.24, 2.45) is 0 Å². The maximum absolute atomic E-state index is 12.5. The third-order valence-electron chi connectivity index (χ3n) is 4.31. The number of imide groups is 1. The van der Waals surface area contributed by atoms with E-state index >= 15 is 0 Å². The molecule has 0 unspecified atom stereocenters. The molecule has 3 rings (SSSR count). The number of carbonyl (C=O) groups is 2. The molecule has 0 atom stereocenters. The van der Waals surface area contributed by atoms with Gasteiger partial charge in [-0.15, -0.1) is 0 Å². The van der Waals surface area contributed by atoms with E-state index in [1.165, 1.54) is 11.3 Å². The van der Waals surface area contributed by atoms with Gasteiger partial charge in [0.15, 0.2) is 0 Å². The van der Waals surface area contributed by atoms with Gasteiger partial charge in [0.25, 0.3) is 11.8 Å². The number of hydrogen-bond donors (Lipinski definition) is 0. The van der Waals surface area contributed by atoms with Crippen LogP contribution in [0.2, 0.25) is 0 Å². The summed E-state index contributed by atoms with van der Waals surface area (Å²) in [5.74, 6) is 0.308. The van der Waals surface area contributed by atoms with Crippen LogP contribution in [0.1, 0.15) is 24.8 Å². The van der Waals surface area contributed by atoms with Gasteiger partial charge in [-0.1, -0.05) is 12.1 Å². The number of ether oxygens (including phenoxy) is 1. The number of piperidine rings is 1. The number of amides is 2. The number of likely N-dealkylation sites (N-methyl/N-ethyl adjacent to an activating group) is 1. The summed E-state index contributed by atoms with van der Waals surface area (Å²) in [4.78, 5) is 28.3. The lowest BCUT2D eigenvalue weighted by Gasteiger charge is -2.29. The molecule has 2 heterocycles. The van der Waals surface area contributed by atoms with E-state index in [2.05, 4.69) is 4.90 Å². The van der Waals surface area contributed by atoms with Crippen molar-refractivity contribution < 1.29 is 14.3 Å². The van der Waals surface area contributed by atoms with Gasteiger partial charge >= 0.3 is 0 Å². The predicted molar refractivity (Wildman–Crippen MR) is 83.1 cm³/mol. The molecule has 2 aliphatic rings. The van der Waals surface area contributed by atoms with Crippen molar-refractivity contribution in [3.63, 3.8) is 0 Å². The van der Waals surface area contributed by atoms with E-state index in [0.29, 0.717) is 11.3 Å². The molecule has 0 aromatic heterocycles. The van der Waals surface area contributed by atoms with Gasteiger partial charge in [0.05, 0.1) is 12.7 Å². The van der Waals surface area contributed by atoms with Crippen molar-refractivity contribution in [1.29, 1.82) is 0 Å². The average molecular weight is 300 g/mol. The molecule has 5 heteroatoms. The van der Waals surface area contributed by atoms with E-state index in [9.17, 15) is 9.59 Å². The number of benzene rings is 1. The maximum Gasteiger partial charge on any atom is 0.277 e. The zero-order chi connectivity index (χ0) is 15.7. The van der Waals surface area contributed by atoms with E-state index in [1.807, 2.05) is 24.3 Å². The minimum atomic E-state index is -0.226. The Morgan fingerprint density at radius 2 is 1.59 bits per heavy atom. The molecule has 0 N–H and O–H groups in total. The van der Waals surface area contributed by atoms with Crippen molar-refractivity contribution in [2.45, 2.75) is 19.3 Å². The predicted octanol–water partition coefficient (Wildman–Crippen LogP) is 1.89. The average Bonchev–Trinajstić information content (AvgIpc) is 2.80. The summed E-state index contributed by atoms with van der Waals surface area (Å²) in [6.45, 7) is 1.67. The number of methoxy groups -OCH3 is 1. The van der Waals surface area contributed by atoms with Gasteiger partial charge in [-0.25, -0.2) is 0 Å². The Hall–Kier alpha value is -2.30. The smallest absolute Gasteiger partial charge is 0.277 e. The Balaban J connectivity index is 2.05. The Bertz CT molecular complexity index is 628. The van der Waals surface area contributed by atoms with Crippen LogP contribution in [0.4, 0.5) is 0 Å². The molecule has 2 aliphatic heterocycles. The first-order valence-electron chi connectivity index (χ1n) is 7.59. The fourth-order valence-corrected chi connectivity index (χ4v) is 3.06. The molecule has 5 nitrogen and oxygen atoms in total. The normalized spacial score (nSPS) is 19.2. The number of carbonyl (C=O) groups excluding carboxylic acids is 2. The molecular weight excluding hydrogens is 280 g/mol. The van der Waals surface area contributed by atoms with Crippen LogP contribution in [0.15, 0.2) is 30.0 Å². The minimum absolute atomic E-state index is 0.197. The molecule has 0 radical (unpaired) electrons. The monoisotopic (exact) mass is 300 g/mol. The number of hydrogen-bond acceptors (Lipinski definition) is 4. The second kappa shape index (κ2) is 5.83. The lowest BCUT2D eigenvalue weighted by Crippen LogP contribution is -2.35. The van der Waals surface area contributed by atoms with Crippen molar-refractivity contribution in [3.05, 3.63) is 35.5 Å². The molecule has 0 aliphatic carbocycles. The Morgan fingerprint density at radius 3 is 2.18 bits per heavy atom. The van der Waals surface area contributed by atoms with E-state index in [-0.39, 0.29) is 11.8 Å². The number of nitrogens with zero attached hydrogens (tertiary/aromatic N) is 2. The zero-order valence-electron chi connectivity index (χ0n) is 13.0. The van der Waals surface area contributed by atoms with Gasteiger partial charge < -0.3 is 9.64 Å². The molecule has 1 aromatic rings. The molecule has 0 spiro atoms. The van der Waals surface area contributed by atoms with Gasteiger partial charge in [-0.05, 0) is 37.0 Å². The number of likely N-dealkylation sites (tertiary alicyclic amines) is 1. The van der Waals surface area contributed by atoms with Gasteiger partial charge in [-0.2, -0.15) is 0 Å². The third-order valence-corrected chi connectivity index (χ3v) is 4.31. The molecule has 1 aromatic carbocycles. The molecule has 0 bridgehead atoms. The molecule has 116 valence electrons. The molecule has 22 heavy (non-hydrogen) atoms. The SMILES string of the molecule is COc1ccc(C2=C(N3CCCCC3)C(=O)N(C)C2=O)cc1. The van der Waals surface area contributed by atoms with Crippen LogP contribution in [-0.2, 0) is 9.59 Å². The number of rotatable bonds is 3. The quantitative estimate of drug-likeness (QED) is 0.800. The fraction of sp³-hybridized carbons (Fsp3) is 0.412. The zero-order valence-corrected chi connectivity index (χ0v) is 13.0. The Labute approximate surface area is 130 Å². The van der Waals surface area contributed by atoms with Crippen molar-refractivity contribution in [1.82, 2.24) is 9.80 Å². The summed E-state index contributed by atoms with van der Waals surface area (Å²) in [7, 11) is 3.15. The highest BCUT2D eigenvalue weighted by molar-refractivity contribution is 6.35. The van der Waals surface area contributed by atoms with E-state index in [0.717, 1.165) is 37.2 Å². The lowest BCUT2D eigenvalue weighted by atomic mass is 10.0. The van der Waals surface area contributed by atoms with Crippen LogP contribution in [0, 0.1) is 0 Å². The minimum Gasteiger partial charge on any atom is -0.497 e. The van der Waals surface area contributed by atoms with Crippen LogP contribution in [0.5, 0.6) is 5.75 Å². The Kier molecular flexibility index (Phi) is 3.88. The van der Waals surface area contributed by atoms with Crippen LogP contribution < -0.4 is 4.74 Å². The summed E-state index contributed by atoms with van der Waals surface area (Å²) < 4.78 is 5.16. The summed E-state index contributed by atoms with van der Waals surface area (Å²) in [6.07, 6.45) is 3.30.